The first-order valence-corrected chi connectivity index (χ1v) is 6.86. The highest BCUT2D eigenvalue weighted by atomic mass is 16.3. The molecule has 0 radical (unpaired) electrons. The van der Waals surface area contributed by atoms with Crippen LogP contribution in [0.2, 0.25) is 0 Å². The van der Waals surface area contributed by atoms with Crippen LogP contribution in [0.1, 0.15) is 29.2 Å². The third kappa shape index (κ3) is 2.02. The molecule has 1 unspecified atom stereocenters. The Morgan fingerprint density at radius 2 is 1.70 bits per heavy atom. The Morgan fingerprint density at radius 3 is 2.40 bits per heavy atom. The summed E-state index contributed by atoms with van der Waals surface area (Å²) >= 11 is 0. The van der Waals surface area contributed by atoms with Crippen LogP contribution in [-0.2, 0) is 5.60 Å². The molecule has 1 aromatic heterocycles. The van der Waals surface area contributed by atoms with Crippen molar-refractivity contribution in [3.63, 3.8) is 0 Å². The van der Waals surface area contributed by atoms with E-state index in [4.69, 9.17) is 0 Å². The standard InChI is InChI=1S/C18H19NO/c1-12-9-13(2)11-14(10-12)18(3,20)16-5-4-6-17-15(16)7-8-19-17/h4-11,19-20H,1-3H3. The van der Waals surface area contributed by atoms with Gasteiger partial charge in [-0.05, 0) is 44.0 Å². The molecule has 0 aliphatic carbocycles. The SMILES string of the molecule is Cc1cc(C)cc(C(C)(O)c2cccc3[nH]ccc23)c1. The fourth-order valence-electron chi connectivity index (χ4n) is 2.92. The predicted molar refractivity (Wildman–Crippen MR) is 82.9 cm³/mol. The van der Waals surface area contributed by atoms with Crippen LogP contribution in [0.5, 0.6) is 0 Å². The maximum atomic E-state index is 11.1. The van der Waals surface area contributed by atoms with E-state index in [1.165, 1.54) is 11.1 Å². The number of benzene rings is 2. The lowest BCUT2D eigenvalue weighted by atomic mass is 9.85. The Morgan fingerprint density at radius 1 is 1.00 bits per heavy atom. The summed E-state index contributed by atoms with van der Waals surface area (Å²) in [4.78, 5) is 3.20. The van der Waals surface area contributed by atoms with E-state index in [0.717, 1.165) is 22.0 Å². The molecule has 20 heavy (non-hydrogen) atoms. The van der Waals surface area contributed by atoms with Gasteiger partial charge in [0, 0.05) is 17.1 Å². The third-order valence-electron chi connectivity index (χ3n) is 3.90. The van der Waals surface area contributed by atoms with Crippen molar-refractivity contribution in [1.82, 2.24) is 4.98 Å². The van der Waals surface area contributed by atoms with Crippen LogP contribution < -0.4 is 0 Å². The number of H-pyrrole nitrogens is 1. The monoisotopic (exact) mass is 265 g/mol. The van der Waals surface area contributed by atoms with Gasteiger partial charge in [0.15, 0.2) is 0 Å². The highest BCUT2D eigenvalue weighted by Gasteiger charge is 2.28. The number of aromatic amines is 1. The number of hydrogen-bond donors (Lipinski definition) is 2. The van der Waals surface area contributed by atoms with Gasteiger partial charge in [0.25, 0.3) is 0 Å². The molecule has 3 aromatic rings. The van der Waals surface area contributed by atoms with Gasteiger partial charge < -0.3 is 10.1 Å². The molecule has 0 fully saturated rings. The summed E-state index contributed by atoms with van der Waals surface area (Å²) in [5.41, 5.74) is 4.25. The van der Waals surface area contributed by atoms with E-state index in [2.05, 4.69) is 37.0 Å². The van der Waals surface area contributed by atoms with Crippen LogP contribution in [0.3, 0.4) is 0 Å². The lowest BCUT2D eigenvalue weighted by Crippen LogP contribution is -2.23. The minimum absolute atomic E-state index is 0.932. The van der Waals surface area contributed by atoms with E-state index in [9.17, 15) is 5.11 Å². The molecule has 3 rings (SSSR count). The molecule has 2 heteroatoms. The molecule has 1 heterocycles. The molecular weight excluding hydrogens is 246 g/mol. The Balaban J connectivity index is 2.22. The highest BCUT2D eigenvalue weighted by molar-refractivity contribution is 5.84. The van der Waals surface area contributed by atoms with Crippen molar-refractivity contribution >= 4 is 10.9 Å². The second-order valence-corrected chi connectivity index (χ2v) is 5.69. The number of nitrogens with one attached hydrogen (secondary N) is 1. The number of rotatable bonds is 2. The van der Waals surface area contributed by atoms with Gasteiger partial charge in [-0.25, -0.2) is 0 Å². The lowest BCUT2D eigenvalue weighted by Gasteiger charge is -2.26. The summed E-state index contributed by atoms with van der Waals surface area (Å²) in [6.07, 6.45) is 1.91. The normalized spacial score (nSPS) is 14.4. The van der Waals surface area contributed by atoms with Crippen molar-refractivity contribution in [2.75, 3.05) is 0 Å². The van der Waals surface area contributed by atoms with E-state index in [1.807, 2.05) is 37.4 Å². The van der Waals surface area contributed by atoms with Crippen molar-refractivity contribution in [2.24, 2.45) is 0 Å². The zero-order chi connectivity index (χ0) is 14.3. The predicted octanol–water partition coefficient (Wildman–Crippen LogP) is 4.04. The zero-order valence-electron chi connectivity index (χ0n) is 12.1. The van der Waals surface area contributed by atoms with Crippen molar-refractivity contribution in [3.05, 3.63) is 70.9 Å². The Hall–Kier alpha value is -2.06. The van der Waals surface area contributed by atoms with E-state index in [-0.39, 0.29) is 0 Å². The van der Waals surface area contributed by atoms with E-state index in [1.54, 1.807) is 0 Å². The van der Waals surface area contributed by atoms with Crippen LogP contribution in [0.4, 0.5) is 0 Å². The van der Waals surface area contributed by atoms with Gasteiger partial charge in [0.1, 0.15) is 5.60 Å². The highest BCUT2D eigenvalue weighted by Crippen LogP contribution is 2.34. The molecule has 0 saturated carbocycles. The van der Waals surface area contributed by atoms with Gasteiger partial charge in [-0.15, -0.1) is 0 Å². The molecule has 2 N–H and O–H groups in total. The molecule has 0 spiro atoms. The summed E-state index contributed by atoms with van der Waals surface area (Å²) in [6, 6.07) is 14.2. The molecule has 0 aliphatic heterocycles. The van der Waals surface area contributed by atoms with Crippen molar-refractivity contribution in [1.29, 1.82) is 0 Å². The van der Waals surface area contributed by atoms with E-state index in [0.29, 0.717) is 0 Å². The third-order valence-corrected chi connectivity index (χ3v) is 3.90. The minimum atomic E-state index is -1.00. The number of hydrogen-bond acceptors (Lipinski definition) is 1. The van der Waals surface area contributed by atoms with Crippen LogP contribution in [-0.4, -0.2) is 10.1 Å². The maximum absolute atomic E-state index is 11.1. The first-order chi connectivity index (χ1) is 9.48. The molecule has 0 bridgehead atoms. The summed E-state index contributed by atoms with van der Waals surface area (Å²) in [7, 11) is 0. The maximum Gasteiger partial charge on any atom is 0.112 e. The second kappa shape index (κ2) is 4.50. The van der Waals surface area contributed by atoms with Gasteiger partial charge in [-0.1, -0.05) is 41.5 Å². The largest absolute Gasteiger partial charge is 0.381 e. The van der Waals surface area contributed by atoms with Gasteiger partial charge in [0.2, 0.25) is 0 Å². The zero-order valence-corrected chi connectivity index (χ0v) is 12.1. The average Bonchev–Trinajstić information content (AvgIpc) is 2.85. The van der Waals surface area contributed by atoms with Crippen molar-refractivity contribution in [3.8, 4) is 0 Å². The summed E-state index contributed by atoms with van der Waals surface area (Å²) in [5, 5.41) is 12.2. The van der Waals surface area contributed by atoms with Crippen LogP contribution >= 0.6 is 0 Å². The van der Waals surface area contributed by atoms with E-state index >= 15 is 0 Å². The number of fused-ring (bicyclic) bond motifs is 1. The van der Waals surface area contributed by atoms with Crippen molar-refractivity contribution in [2.45, 2.75) is 26.4 Å². The second-order valence-electron chi connectivity index (χ2n) is 5.69. The molecule has 0 amide bonds. The average molecular weight is 265 g/mol. The Kier molecular flexibility index (Phi) is 2.91. The summed E-state index contributed by atoms with van der Waals surface area (Å²) in [5.74, 6) is 0. The minimum Gasteiger partial charge on any atom is -0.381 e. The topological polar surface area (TPSA) is 36.0 Å². The molecule has 0 saturated heterocycles. The van der Waals surface area contributed by atoms with Gasteiger partial charge in [0.05, 0.1) is 0 Å². The van der Waals surface area contributed by atoms with Crippen LogP contribution in [0.15, 0.2) is 48.7 Å². The molecule has 102 valence electrons. The Labute approximate surface area is 119 Å². The van der Waals surface area contributed by atoms with Gasteiger partial charge in [-0.2, -0.15) is 0 Å². The fraction of sp³-hybridized carbons (Fsp3) is 0.222. The fourth-order valence-corrected chi connectivity index (χ4v) is 2.92. The molecular formula is C18H19NO. The smallest absolute Gasteiger partial charge is 0.112 e. The lowest BCUT2D eigenvalue weighted by molar-refractivity contribution is 0.104. The quantitative estimate of drug-likeness (QED) is 0.720. The van der Waals surface area contributed by atoms with E-state index < -0.39 is 5.60 Å². The van der Waals surface area contributed by atoms with Gasteiger partial charge in [-0.3, -0.25) is 0 Å². The Bertz CT molecular complexity index is 748. The van der Waals surface area contributed by atoms with Crippen LogP contribution in [0.25, 0.3) is 10.9 Å². The molecule has 2 aromatic carbocycles. The first-order valence-electron chi connectivity index (χ1n) is 6.86. The first kappa shape index (κ1) is 12.9. The number of aromatic nitrogens is 1. The van der Waals surface area contributed by atoms with Crippen LogP contribution in [0, 0.1) is 13.8 Å². The molecule has 1 atom stereocenters. The van der Waals surface area contributed by atoms with Crippen molar-refractivity contribution < 1.29 is 5.11 Å². The number of aliphatic hydroxyl groups is 1. The summed E-state index contributed by atoms with van der Waals surface area (Å²) < 4.78 is 0. The summed E-state index contributed by atoms with van der Waals surface area (Å²) in [6.45, 7) is 5.98. The van der Waals surface area contributed by atoms with Gasteiger partial charge >= 0.3 is 0 Å². The molecule has 2 nitrogen and oxygen atoms in total. The number of aryl methyl sites for hydroxylation is 2. The molecule has 0 aliphatic rings.